The number of nitrogens with one attached hydrogen (secondary N) is 2. The molecule has 0 aliphatic heterocycles. The van der Waals surface area contributed by atoms with Crippen molar-refractivity contribution < 1.29 is 14.0 Å². The molecule has 0 atom stereocenters. The zero-order valence-electron chi connectivity index (χ0n) is 15.2. The SMILES string of the molecule is O=C(CSCC(=O)Nc1ccccc1F)Nc1ncc(Cc2ccc(Br)cc2)s1. The quantitative estimate of drug-likeness (QED) is 0.465. The Kier molecular flexibility index (Phi) is 7.79. The van der Waals surface area contributed by atoms with Gasteiger partial charge in [-0.25, -0.2) is 9.37 Å². The second-order valence-corrected chi connectivity index (χ2v) is 9.02. The molecule has 2 N–H and O–H groups in total. The molecular weight excluding hydrogens is 477 g/mol. The summed E-state index contributed by atoms with van der Waals surface area (Å²) in [4.78, 5) is 29.2. The fourth-order valence-electron chi connectivity index (χ4n) is 2.39. The second-order valence-electron chi connectivity index (χ2n) is 6.00. The largest absolute Gasteiger partial charge is 0.323 e. The van der Waals surface area contributed by atoms with Gasteiger partial charge in [0.05, 0.1) is 17.2 Å². The summed E-state index contributed by atoms with van der Waals surface area (Å²) in [7, 11) is 0. The van der Waals surface area contributed by atoms with E-state index in [1.165, 1.54) is 23.5 Å². The average Bonchev–Trinajstić information content (AvgIpc) is 3.12. The van der Waals surface area contributed by atoms with E-state index in [9.17, 15) is 14.0 Å². The monoisotopic (exact) mass is 493 g/mol. The standard InChI is InChI=1S/C20H17BrFN3O2S2/c21-14-7-5-13(6-8-14)9-15-10-23-20(29-15)25-19(27)12-28-11-18(26)24-17-4-2-1-3-16(17)22/h1-8,10H,9,11-12H2,(H,24,26)(H,23,25,27). The van der Waals surface area contributed by atoms with Gasteiger partial charge in [0, 0.05) is 22.0 Å². The van der Waals surface area contributed by atoms with E-state index in [4.69, 9.17) is 0 Å². The zero-order valence-corrected chi connectivity index (χ0v) is 18.4. The molecule has 29 heavy (non-hydrogen) atoms. The van der Waals surface area contributed by atoms with Gasteiger partial charge in [-0.1, -0.05) is 40.2 Å². The maximum absolute atomic E-state index is 13.5. The van der Waals surface area contributed by atoms with Crippen LogP contribution in [0, 0.1) is 5.82 Å². The fraction of sp³-hybridized carbons (Fsp3) is 0.150. The number of thioether (sulfide) groups is 1. The first-order valence-corrected chi connectivity index (χ1v) is 11.4. The first-order valence-electron chi connectivity index (χ1n) is 8.61. The number of benzene rings is 2. The van der Waals surface area contributed by atoms with Crippen molar-refractivity contribution >= 4 is 61.7 Å². The van der Waals surface area contributed by atoms with Crippen LogP contribution in [0.3, 0.4) is 0 Å². The highest BCUT2D eigenvalue weighted by atomic mass is 79.9. The average molecular weight is 494 g/mol. The first-order chi connectivity index (χ1) is 14.0. The molecule has 0 saturated heterocycles. The third-order valence-corrected chi connectivity index (χ3v) is 6.08. The van der Waals surface area contributed by atoms with E-state index in [1.807, 2.05) is 24.3 Å². The molecule has 150 valence electrons. The summed E-state index contributed by atoms with van der Waals surface area (Å²) >= 11 is 5.98. The van der Waals surface area contributed by atoms with Gasteiger partial charge < -0.3 is 10.6 Å². The van der Waals surface area contributed by atoms with Crippen LogP contribution in [-0.4, -0.2) is 28.3 Å². The van der Waals surface area contributed by atoms with Gasteiger partial charge in [0.25, 0.3) is 0 Å². The molecule has 3 aromatic rings. The van der Waals surface area contributed by atoms with Crippen LogP contribution in [0.4, 0.5) is 15.2 Å². The van der Waals surface area contributed by atoms with Gasteiger partial charge in [0.15, 0.2) is 5.13 Å². The molecule has 0 fully saturated rings. The lowest BCUT2D eigenvalue weighted by Crippen LogP contribution is -2.18. The van der Waals surface area contributed by atoms with Crippen molar-refractivity contribution in [2.24, 2.45) is 0 Å². The topological polar surface area (TPSA) is 71.1 Å². The van der Waals surface area contributed by atoms with Crippen molar-refractivity contribution in [3.63, 3.8) is 0 Å². The second kappa shape index (κ2) is 10.5. The van der Waals surface area contributed by atoms with E-state index in [0.717, 1.165) is 33.1 Å². The highest BCUT2D eigenvalue weighted by Crippen LogP contribution is 2.22. The number of halogens is 2. The molecule has 0 saturated carbocycles. The summed E-state index contributed by atoms with van der Waals surface area (Å²) in [6.07, 6.45) is 2.49. The molecule has 9 heteroatoms. The summed E-state index contributed by atoms with van der Waals surface area (Å²) in [5, 5.41) is 5.75. The van der Waals surface area contributed by atoms with Crippen LogP contribution in [0.5, 0.6) is 0 Å². The molecule has 2 aromatic carbocycles. The number of hydrogen-bond acceptors (Lipinski definition) is 5. The number of amides is 2. The minimum absolute atomic E-state index is 0.0500. The summed E-state index contributed by atoms with van der Waals surface area (Å²) in [5.41, 5.74) is 1.29. The van der Waals surface area contributed by atoms with Gasteiger partial charge in [-0.2, -0.15) is 0 Å². The third kappa shape index (κ3) is 6.95. The highest BCUT2D eigenvalue weighted by molar-refractivity contribution is 9.10. The van der Waals surface area contributed by atoms with Gasteiger partial charge in [0.2, 0.25) is 11.8 Å². The Labute approximate surface area is 184 Å². The highest BCUT2D eigenvalue weighted by Gasteiger charge is 2.10. The normalized spacial score (nSPS) is 10.6. The molecule has 1 heterocycles. The fourth-order valence-corrected chi connectivity index (χ4v) is 4.14. The van der Waals surface area contributed by atoms with Crippen LogP contribution in [0.1, 0.15) is 10.4 Å². The Balaban J connectivity index is 1.40. The predicted molar refractivity (Wildman–Crippen MR) is 120 cm³/mol. The number of nitrogens with zero attached hydrogens (tertiary/aromatic N) is 1. The Hall–Kier alpha value is -2.23. The molecule has 0 radical (unpaired) electrons. The van der Waals surface area contributed by atoms with E-state index >= 15 is 0 Å². The molecule has 0 aliphatic carbocycles. The van der Waals surface area contributed by atoms with Crippen molar-refractivity contribution in [2.75, 3.05) is 22.1 Å². The number of para-hydroxylation sites is 1. The lowest BCUT2D eigenvalue weighted by Gasteiger charge is -2.06. The smallest absolute Gasteiger partial charge is 0.236 e. The number of hydrogen-bond donors (Lipinski definition) is 2. The van der Waals surface area contributed by atoms with E-state index in [1.54, 1.807) is 18.3 Å². The van der Waals surface area contributed by atoms with Gasteiger partial charge in [-0.3, -0.25) is 9.59 Å². The third-order valence-electron chi connectivity index (χ3n) is 3.71. The maximum Gasteiger partial charge on any atom is 0.236 e. The van der Waals surface area contributed by atoms with Crippen LogP contribution in [0.15, 0.2) is 59.2 Å². The number of thiazole rings is 1. The van der Waals surface area contributed by atoms with Gasteiger partial charge in [-0.15, -0.1) is 23.1 Å². The van der Waals surface area contributed by atoms with Crippen molar-refractivity contribution in [1.82, 2.24) is 4.98 Å². The lowest BCUT2D eigenvalue weighted by molar-refractivity contribution is -0.114. The summed E-state index contributed by atoms with van der Waals surface area (Å²) in [6, 6.07) is 14.0. The van der Waals surface area contributed by atoms with E-state index in [2.05, 4.69) is 31.5 Å². The summed E-state index contributed by atoms with van der Waals surface area (Å²) in [5.74, 6) is -0.940. The lowest BCUT2D eigenvalue weighted by atomic mass is 10.1. The van der Waals surface area contributed by atoms with Crippen LogP contribution in [-0.2, 0) is 16.0 Å². The molecule has 0 aliphatic rings. The zero-order chi connectivity index (χ0) is 20.6. The molecule has 1 aromatic heterocycles. The Morgan fingerprint density at radius 3 is 2.45 bits per heavy atom. The van der Waals surface area contributed by atoms with E-state index in [-0.39, 0.29) is 29.0 Å². The number of anilines is 2. The van der Waals surface area contributed by atoms with Crippen LogP contribution < -0.4 is 10.6 Å². The van der Waals surface area contributed by atoms with Crippen molar-refractivity contribution in [2.45, 2.75) is 6.42 Å². The molecule has 3 rings (SSSR count). The molecule has 0 unspecified atom stereocenters. The number of aromatic nitrogens is 1. The van der Waals surface area contributed by atoms with Gasteiger partial charge >= 0.3 is 0 Å². The summed E-state index contributed by atoms with van der Waals surface area (Å²) < 4.78 is 14.5. The van der Waals surface area contributed by atoms with E-state index < -0.39 is 5.82 Å². The minimum Gasteiger partial charge on any atom is -0.323 e. The van der Waals surface area contributed by atoms with E-state index in [0.29, 0.717) is 5.13 Å². The molecule has 2 amide bonds. The first kappa shape index (κ1) is 21.5. The Morgan fingerprint density at radius 2 is 1.72 bits per heavy atom. The van der Waals surface area contributed by atoms with Crippen LogP contribution in [0.2, 0.25) is 0 Å². The minimum atomic E-state index is -0.494. The van der Waals surface area contributed by atoms with Crippen molar-refractivity contribution in [3.8, 4) is 0 Å². The van der Waals surface area contributed by atoms with Crippen molar-refractivity contribution in [1.29, 1.82) is 0 Å². The van der Waals surface area contributed by atoms with Gasteiger partial charge in [0.1, 0.15) is 5.82 Å². The molecule has 5 nitrogen and oxygen atoms in total. The molecular formula is C20H17BrFN3O2S2. The van der Waals surface area contributed by atoms with Crippen LogP contribution in [0.25, 0.3) is 0 Å². The Bertz CT molecular complexity index is 995. The number of carbonyl (C=O) groups is 2. The molecule has 0 bridgehead atoms. The molecule has 0 spiro atoms. The Morgan fingerprint density at radius 1 is 1.03 bits per heavy atom. The summed E-state index contributed by atoms with van der Waals surface area (Å²) in [6.45, 7) is 0. The van der Waals surface area contributed by atoms with Gasteiger partial charge in [-0.05, 0) is 29.8 Å². The predicted octanol–water partition coefficient (Wildman–Crippen LogP) is 4.95. The number of rotatable bonds is 8. The van der Waals surface area contributed by atoms with Crippen molar-refractivity contribution in [3.05, 3.63) is 75.5 Å². The maximum atomic E-state index is 13.5. The number of carbonyl (C=O) groups excluding carboxylic acids is 2. The van der Waals surface area contributed by atoms with Crippen LogP contribution >= 0.6 is 39.0 Å².